The molecule has 0 bridgehead atoms. The van der Waals surface area contributed by atoms with Crippen LogP contribution in [0.5, 0.6) is 0 Å². The van der Waals surface area contributed by atoms with Gasteiger partial charge in [0.2, 0.25) is 15.2 Å². The Morgan fingerprint density at radius 2 is 1.45 bits per heavy atom. The molecular formula is C5H14AlNaO3S. The van der Waals surface area contributed by atoms with Crippen molar-refractivity contribution in [3.05, 3.63) is 0 Å². The first kappa shape index (κ1) is 15.1. The van der Waals surface area contributed by atoms with E-state index in [2.05, 4.69) is 0 Å². The first-order valence-electron chi connectivity index (χ1n) is 3.53. The van der Waals surface area contributed by atoms with Gasteiger partial charge in [-0.05, 0) is 0 Å². The van der Waals surface area contributed by atoms with Crippen molar-refractivity contribution in [2.24, 2.45) is 0 Å². The minimum absolute atomic E-state index is 0. The quantitative estimate of drug-likeness (QED) is 0.445. The number of rotatable bonds is 0. The van der Waals surface area contributed by atoms with Crippen molar-refractivity contribution in [3.8, 4) is 0 Å². The molecule has 0 saturated carbocycles. The van der Waals surface area contributed by atoms with Crippen molar-refractivity contribution in [1.29, 1.82) is 0 Å². The average Bonchev–Trinajstić information content (AvgIpc) is 1.90. The van der Waals surface area contributed by atoms with Gasteiger partial charge in [0.15, 0.2) is 0 Å². The van der Waals surface area contributed by atoms with Crippen molar-refractivity contribution < 1.29 is 13.3 Å². The van der Waals surface area contributed by atoms with Crippen molar-refractivity contribution in [2.75, 3.05) is 0 Å². The van der Waals surface area contributed by atoms with Gasteiger partial charge in [-0.1, -0.05) is 29.8 Å². The molecule has 3 nitrogen and oxygen atoms in total. The van der Waals surface area contributed by atoms with E-state index in [0.717, 1.165) is 0 Å². The Morgan fingerprint density at radius 1 is 1.09 bits per heavy atom. The summed E-state index contributed by atoms with van der Waals surface area (Å²) in [4.78, 5) is 0. The summed E-state index contributed by atoms with van der Waals surface area (Å²) in [6, 6.07) is 0. The van der Waals surface area contributed by atoms with Crippen LogP contribution >= 0.6 is 0 Å². The summed E-state index contributed by atoms with van der Waals surface area (Å²) in [5.41, 5.74) is 0. The van der Waals surface area contributed by atoms with Crippen molar-refractivity contribution in [3.63, 3.8) is 0 Å². The molecule has 0 spiro atoms. The van der Waals surface area contributed by atoms with Crippen LogP contribution in [0.2, 0.25) is 10.6 Å². The minimum atomic E-state index is -2.61. The monoisotopic (exact) mass is 204 g/mol. The fraction of sp³-hybridized carbons (Fsp3) is 1.00. The Hall–Kier alpha value is 1.60. The van der Waals surface area contributed by atoms with Gasteiger partial charge < -0.3 is 0 Å². The van der Waals surface area contributed by atoms with Gasteiger partial charge in [-0.15, -0.1) is 0 Å². The Kier molecular flexibility index (Phi) is 15.9. The van der Waals surface area contributed by atoms with Crippen LogP contribution in [0.25, 0.3) is 0 Å². The molecular weight excluding hydrogens is 190 g/mol. The fourth-order valence-corrected chi connectivity index (χ4v) is 2.83. The Bertz CT molecular complexity index is 84.2. The van der Waals surface area contributed by atoms with Crippen LogP contribution in [-0.2, 0) is 11.4 Å². The normalized spacial score (nSPS) is 15.5. The second-order valence-corrected chi connectivity index (χ2v) is 4.93. The van der Waals surface area contributed by atoms with Crippen LogP contribution in [0.15, 0.2) is 0 Å². The van der Waals surface area contributed by atoms with E-state index in [9.17, 15) is 0 Å². The van der Waals surface area contributed by atoms with Crippen LogP contribution in [0.1, 0.15) is 19.3 Å². The van der Waals surface area contributed by atoms with Gasteiger partial charge in [0.25, 0.3) is 11.4 Å². The molecule has 0 aliphatic carbocycles. The molecule has 1 heterocycles. The molecule has 0 amide bonds. The third-order valence-electron chi connectivity index (χ3n) is 1.50. The van der Waals surface area contributed by atoms with Crippen molar-refractivity contribution >= 4 is 56.1 Å². The molecule has 1 aliphatic rings. The van der Waals surface area contributed by atoms with Crippen LogP contribution in [-0.4, -0.2) is 58.1 Å². The van der Waals surface area contributed by atoms with Gasteiger partial charge >= 0.3 is 29.6 Å². The average molecular weight is 204 g/mol. The molecule has 0 aromatic carbocycles. The Morgan fingerprint density at radius 3 is 1.55 bits per heavy atom. The Labute approximate surface area is 98.4 Å². The topological polar surface area (TPSA) is 57.5 Å². The molecule has 0 aromatic heterocycles. The summed E-state index contributed by atoms with van der Waals surface area (Å²) in [6.07, 6.45) is 4.66. The molecule has 0 radical (unpaired) electrons. The van der Waals surface area contributed by atoms with Gasteiger partial charge in [0.1, 0.15) is 0 Å². The van der Waals surface area contributed by atoms with E-state index < -0.39 is 11.4 Å². The third kappa shape index (κ3) is 18.5. The predicted octanol–water partition coefficient (Wildman–Crippen LogP) is 0.476. The van der Waals surface area contributed by atoms with E-state index in [4.69, 9.17) is 13.3 Å². The van der Waals surface area contributed by atoms with E-state index in [-0.39, 0.29) is 29.6 Å². The molecule has 0 atom stereocenters. The second-order valence-electron chi connectivity index (χ2n) is 2.35. The molecule has 0 unspecified atom stereocenters. The standard InChI is InChI=1S/C5H10.Al.Na.H2O3S.2H/c1-3-5-4-2;;;1-4(2)3;;/h1-5H2;;;(H2,1,2,3);;. The summed E-state index contributed by atoms with van der Waals surface area (Å²) in [5.74, 6) is 0. The zero-order chi connectivity index (χ0) is 7.82. The predicted molar refractivity (Wildman–Crippen MR) is 51.2 cm³/mol. The first-order valence-corrected chi connectivity index (χ1v) is 6.60. The maximum absolute atomic E-state index is 8.67. The molecule has 1 rings (SSSR count). The number of hydrogen-bond acceptors (Lipinski definition) is 1. The SMILES string of the molecule is C1C[CH2][AlH][CH2]C1.O=S(O)O.[NaH]. The molecule has 2 N–H and O–H groups in total. The third-order valence-corrected chi connectivity index (χ3v) is 3.50. The molecule has 62 valence electrons. The molecule has 1 aliphatic heterocycles. The van der Waals surface area contributed by atoms with Crippen molar-refractivity contribution in [1.82, 2.24) is 0 Å². The van der Waals surface area contributed by atoms with Crippen LogP contribution < -0.4 is 0 Å². The second kappa shape index (κ2) is 11.6. The molecule has 1 saturated heterocycles. The first-order chi connectivity index (χ1) is 4.73. The molecule has 1 fully saturated rings. The summed E-state index contributed by atoms with van der Waals surface area (Å²) < 4.78 is 22.8. The molecule has 6 heteroatoms. The van der Waals surface area contributed by atoms with E-state index in [0.29, 0.717) is 15.2 Å². The molecule has 11 heavy (non-hydrogen) atoms. The van der Waals surface area contributed by atoms with E-state index in [1.165, 1.54) is 6.42 Å². The zero-order valence-electron chi connectivity index (χ0n) is 5.95. The summed E-state index contributed by atoms with van der Waals surface area (Å²) in [7, 11) is 0. The maximum atomic E-state index is 8.67. The van der Waals surface area contributed by atoms with Crippen LogP contribution in [0.3, 0.4) is 0 Å². The van der Waals surface area contributed by atoms with Gasteiger partial charge in [-0.25, -0.2) is 0 Å². The van der Waals surface area contributed by atoms with Gasteiger partial charge in [0, 0.05) is 0 Å². The number of hydrogen-bond donors (Lipinski definition) is 2. The molecule has 0 aromatic rings. The fourth-order valence-electron chi connectivity index (χ4n) is 1.06. The summed E-state index contributed by atoms with van der Waals surface area (Å²) >= 11 is -2.10. The van der Waals surface area contributed by atoms with E-state index >= 15 is 0 Å². The Balaban J connectivity index is 0. The van der Waals surface area contributed by atoms with Crippen LogP contribution in [0, 0.1) is 0 Å². The van der Waals surface area contributed by atoms with Crippen molar-refractivity contribution in [2.45, 2.75) is 29.8 Å². The summed E-state index contributed by atoms with van der Waals surface area (Å²) in [6.45, 7) is 0. The van der Waals surface area contributed by atoms with E-state index in [1.807, 2.05) is 0 Å². The zero-order valence-corrected chi connectivity index (χ0v) is 8.18. The van der Waals surface area contributed by atoms with Gasteiger partial charge in [-0.3, -0.25) is 9.11 Å². The van der Waals surface area contributed by atoms with Gasteiger partial charge in [-0.2, -0.15) is 4.21 Å². The summed E-state index contributed by atoms with van der Waals surface area (Å²) in [5, 5.41) is 3.28. The van der Waals surface area contributed by atoms with E-state index in [1.54, 1.807) is 23.4 Å². The van der Waals surface area contributed by atoms with Crippen LogP contribution in [0.4, 0.5) is 0 Å². The van der Waals surface area contributed by atoms with Gasteiger partial charge in [0.05, 0.1) is 0 Å².